The van der Waals surface area contributed by atoms with Crippen LogP contribution in [0.5, 0.6) is 0 Å². The van der Waals surface area contributed by atoms with Crippen LogP contribution in [0.25, 0.3) is 0 Å². The molecule has 14 heavy (non-hydrogen) atoms. The van der Waals surface area contributed by atoms with Crippen LogP contribution < -0.4 is 0 Å². The first-order valence-corrected chi connectivity index (χ1v) is 5.22. The number of rotatable bonds is 2. The molecular formula is C10H14N2OS. The summed E-state index contributed by atoms with van der Waals surface area (Å²) in [5, 5.41) is 13.3. The molecule has 0 saturated carbocycles. The fourth-order valence-corrected chi connectivity index (χ4v) is 1.32. The highest BCUT2D eigenvalue weighted by molar-refractivity contribution is 7.05. The van der Waals surface area contributed by atoms with E-state index >= 15 is 0 Å². The Hall–Kier alpha value is -0.920. The fraction of sp³-hybridized carbons (Fsp3) is 0.600. The second-order valence-corrected chi connectivity index (χ2v) is 4.91. The summed E-state index contributed by atoms with van der Waals surface area (Å²) in [5.74, 6) is 6.03. The van der Waals surface area contributed by atoms with Gasteiger partial charge in [0.25, 0.3) is 0 Å². The van der Waals surface area contributed by atoms with E-state index in [-0.39, 0.29) is 5.41 Å². The van der Waals surface area contributed by atoms with Crippen LogP contribution in [0.3, 0.4) is 0 Å². The van der Waals surface area contributed by atoms with Crippen molar-refractivity contribution in [2.45, 2.75) is 33.3 Å². The van der Waals surface area contributed by atoms with Gasteiger partial charge in [0.2, 0.25) is 0 Å². The van der Waals surface area contributed by atoms with Crippen LogP contribution in [0.4, 0.5) is 0 Å². The Morgan fingerprint density at radius 2 is 2.29 bits per heavy atom. The number of aromatic nitrogens is 2. The Bertz CT molecular complexity index is 329. The lowest BCUT2D eigenvalue weighted by Gasteiger charge is -2.07. The van der Waals surface area contributed by atoms with Gasteiger partial charge in [0.15, 0.2) is 0 Å². The lowest BCUT2D eigenvalue weighted by Crippen LogP contribution is -2.00. The molecule has 1 heterocycles. The van der Waals surface area contributed by atoms with Gasteiger partial charge in [-0.2, -0.15) is 0 Å². The third-order valence-electron chi connectivity index (χ3n) is 1.47. The van der Waals surface area contributed by atoms with Crippen LogP contribution in [-0.4, -0.2) is 14.7 Å². The maximum atomic E-state index is 9.63. The van der Waals surface area contributed by atoms with Crippen molar-refractivity contribution in [1.29, 1.82) is 0 Å². The summed E-state index contributed by atoms with van der Waals surface area (Å²) < 4.78 is 3.68. The molecule has 0 radical (unpaired) electrons. The number of nitrogens with zero attached hydrogens (tertiary/aromatic N) is 2. The average molecular weight is 210 g/mol. The molecule has 0 amide bonds. The molecule has 0 aromatic carbocycles. The van der Waals surface area contributed by atoms with Crippen molar-refractivity contribution in [2.75, 3.05) is 0 Å². The minimum atomic E-state index is -0.551. The zero-order valence-corrected chi connectivity index (χ0v) is 9.43. The summed E-state index contributed by atoms with van der Waals surface area (Å²) in [6.45, 7) is 6.13. The molecule has 3 nitrogen and oxygen atoms in total. The SMILES string of the molecule is CC(C)(C)C#CCC(O)c1cnns1. The van der Waals surface area contributed by atoms with Crippen LogP contribution >= 0.6 is 11.5 Å². The Morgan fingerprint density at radius 3 is 2.79 bits per heavy atom. The van der Waals surface area contributed by atoms with E-state index in [4.69, 9.17) is 0 Å². The zero-order valence-electron chi connectivity index (χ0n) is 8.61. The van der Waals surface area contributed by atoms with Gasteiger partial charge in [-0.3, -0.25) is 0 Å². The third-order valence-corrected chi connectivity index (χ3v) is 2.23. The molecule has 0 bridgehead atoms. The fourth-order valence-electron chi connectivity index (χ4n) is 0.835. The molecule has 1 atom stereocenters. The van der Waals surface area contributed by atoms with E-state index in [2.05, 4.69) is 21.4 Å². The quantitative estimate of drug-likeness (QED) is 0.759. The number of aliphatic hydroxyl groups excluding tert-OH is 1. The van der Waals surface area contributed by atoms with Crippen molar-refractivity contribution in [3.05, 3.63) is 11.1 Å². The summed E-state index contributed by atoms with van der Waals surface area (Å²) in [7, 11) is 0. The smallest absolute Gasteiger partial charge is 0.102 e. The summed E-state index contributed by atoms with van der Waals surface area (Å²) in [6.07, 6.45) is 1.47. The molecule has 1 unspecified atom stereocenters. The van der Waals surface area contributed by atoms with Crippen LogP contribution in [0.1, 0.15) is 38.2 Å². The Kier molecular flexibility index (Phi) is 3.62. The molecule has 0 aliphatic carbocycles. The molecule has 0 saturated heterocycles. The largest absolute Gasteiger partial charge is 0.386 e. The third kappa shape index (κ3) is 3.86. The van der Waals surface area contributed by atoms with Gasteiger partial charge in [-0.1, -0.05) is 16.3 Å². The molecule has 76 valence electrons. The van der Waals surface area contributed by atoms with Gasteiger partial charge in [0.1, 0.15) is 6.10 Å². The highest BCUT2D eigenvalue weighted by Gasteiger charge is 2.09. The van der Waals surface area contributed by atoms with Crippen molar-refractivity contribution >= 4 is 11.5 Å². The topological polar surface area (TPSA) is 46.0 Å². The average Bonchev–Trinajstić information content (AvgIpc) is 2.53. The molecule has 1 aromatic rings. The first-order chi connectivity index (χ1) is 6.49. The summed E-state index contributed by atoms with van der Waals surface area (Å²) >= 11 is 1.21. The van der Waals surface area contributed by atoms with Gasteiger partial charge in [0.05, 0.1) is 11.1 Å². The van der Waals surface area contributed by atoms with Gasteiger partial charge in [0, 0.05) is 11.8 Å². The Morgan fingerprint density at radius 1 is 1.57 bits per heavy atom. The van der Waals surface area contributed by atoms with Crippen molar-refractivity contribution in [3.63, 3.8) is 0 Å². The molecule has 1 aromatic heterocycles. The number of aliphatic hydroxyl groups is 1. The second-order valence-electron chi connectivity index (χ2n) is 4.09. The van der Waals surface area contributed by atoms with E-state index in [9.17, 15) is 5.11 Å². The second kappa shape index (κ2) is 4.54. The lowest BCUT2D eigenvalue weighted by molar-refractivity contribution is 0.187. The van der Waals surface area contributed by atoms with E-state index in [1.807, 2.05) is 20.8 Å². The van der Waals surface area contributed by atoms with E-state index in [1.165, 1.54) is 11.5 Å². The minimum Gasteiger partial charge on any atom is -0.386 e. The van der Waals surface area contributed by atoms with Crippen LogP contribution in [0.2, 0.25) is 0 Å². The van der Waals surface area contributed by atoms with Crippen LogP contribution in [0, 0.1) is 17.3 Å². The maximum absolute atomic E-state index is 9.63. The van der Waals surface area contributed by atoms with E-state index < -0.39 is 6.10 Å². The first-order valence-electron chi connectivity index (χ1n) is 4.44. The van der Waals surface area contributed by atoms with Crippen molar-refractivity contribution in [3.8, 4) is 11.8 Å². The molecule has 4 heteroatoms. The minimum absolute atomic E-state index is 0.00826. The predicted octanol–water partition coefficient (Wildman–Crippen LogP) is 2.01. The van der Waals surface area contributed by atoms with Crippen molar-refractivity contribution < 1.29 is 5.11 Å². The Labute approximate surface area is 88.3 Å². The molecule has 0 aliphatic heterocycles. The predicted molar refractivity (Wildman–Crippen MR) is 56.7 cm³/mol. The summed E-state index contributed by atoms with van der Waals surface area (Å²) in [4.78, 5) is 0.771. The monoisotopic (exact) mass is 210 g/mol. The number of hydrogen-bond acceptors (Lipinski definition) is 4. The van der Waals surface area contributed by atoms with Gasteiger partial charge in [-0.05, 0) is 32.3 Å². The molecule has 0 fully saturated rings. The molecule has 0 aliphatic rings. The number of hydrogen-bond donors (Lipinski definition) is 1. The van der Waals surface area contributed by atoms with E-state index in [0.29, 0.717) is 6.42 Å². The van der Waals surface area contributed by atoms with E-state index in [0.717, 1.165) is 4.88 Å². The maximum Gasteiger partial charge on any atom is 0.102 e. The summed E-state index contributed by atoms with van der Waals surface area (Å²) in [6, 6.07) is 0. The van der Waals surface area contributed by atoms with Crippen molar-refractivity contribution in [2.24, 2.45) is 5.41 Å². The van der Waals surface area contributed by atoms with E-state index in [1.54, 1.807) is 6.20 Å². The highest BCUT2D eigenvalue weighted by atomic mass is 32.1. The van der Waals surface area contributed by atoms with Crippen LogP contribution in [0.15, 0.2) is 6.20 Å². The Balaban J connectivity index is 2.50. The van der Waals surface area contributed by atoms with Gasteiger partial charge < -0.3 is 5.11 Å². The molecule has 1 rings (SSSR count). The zero-order chi connectivity index (χ0) is 10.6. The van der Waals surface area contributed by atoms with Gasteiger partial charge >= 0.3 is 0 Å². The highest BCUT2D eigenvalue weighted by Crippen LogP contribution is 2.18. The standard InChI is InChI=1S/C10H14N2OS/c1-10(2,3)6-4-5-8(13)9-7-11-12-14-9/h7-8,13H,5H2,1-3H3. The first kappa shape index (κ1) is 11.2. The van der Waals surface area contributed by atoms with Crippen molar-refractivity contribution in [1.82, 2.24) is 9.59 Å². The van der Waals surface area contributed by atoms with Gasteiger partial charge in [-0.15, -0.1) is 5.10 Å². The van der Waals surface area contributed by atoms with Crippen LogP contribution in [-0.2, 0) is 0 Å². The molecule has 0 spiro atoms. The molecular weight excluding hydrogens is 196 g/mol. The molecule has 1 N–H and O–H groups in total. The lowest BCUT2D eigenvalue weighted by atomic mass is 9.97. The normalized spacial score (nSPS) is 13.1. The van der Waals surface area contributed by atoms with Gasteiger partial charge in [-0.25, -0.2) is 0 Å². The summed E-state index contributed by atoms with van der Waals surface area (Å²) in [5.41, 5.74) is -0.00826.